The lowest BCUT2D eigenvalue weighted by Crippen LogP contribution is -1.92. The molecule has 1 aromatic carbocycles. The molecule has 0 heterocycles. The van der Waals surface area contributed by atoms with Gasteiger partial charge in [-0.3, -0.25) is 0 Å². The molecule has 1 heteroatoms. The lowest BCUT2D eigenvalue weighted by Gasteiger charge is -2.08. The Morgan fingerprint density at radius 1 is 0.586 bits per heavy atom. The number of rotatable bonds is 17. The van der Waals surface area contributed by atoms with E-state index in [1.165, 1.54) is 120 Å². The van der Waals surface area contributed by atoms with Crippen LogP contribution in [0.25, 0.3) is 0 Å². The summed E-state index contributed by atoms with van der Waals surface area (Å²) < 4.78 is 0. The summed E-state index contributed by atoms with van der Waals surface area (Å²) in [6.45, 7) is 9.45. The topological polar surface area (TPSA) is 26.0 Å². The van der Waals surface area contributed by atoms with Crippen molar-refractivity contribution < 1.29 is 0 Å². The molecule has 170 valence electrons. The Morgan fingerprint density at radius 3 is 1.38 bits per heavy atom. The van der Waals surface area contributed by atoms with E-state index in [1.54, 1.807) is 5.56 Å². The van der Waals surface area contributed by atoms with Crippen molar-refractivity contribution in [3.63, 3.8) is 0 Å². The first-order valence-corrected chi connectivity index (χ1v) is 12.9. The lowest BCUT2D eigenvalue weighted by atomic mass is 9.98. The van der Waals surface area contributed by atoms with Crippen molar-refractivity contribution in [2.45, 2.75) is 137 Å². The van der Waals surface area contributed by atoms with Crippen molar-refractivity contribution in [3.05, 3.63) is 34.9 Å². The van der Waals surface area contributed by atoms with Crippen LogP contribution in [0.3, 0.4) is 0 Å². The molecular formula is C28H53N. The van der Waals surface area contributed by atoms with Crippen LogP contribution < -0.4 is 5.73 Å². The third-order valence-electron chi connectivity index (χ3n) is 6.02. The molecule has 0 aliphatic rings. The van der Waals surface area contributed by atoms with E-state index >= 15 is 0 Å². The molecule has 1 nitrogen and oxygen atoms in total. The van der Waals surface area contributed by atoms with Crippen molar-refractivity contribution in [2.24, 2.45) is 5.73 Å². The van der Waals surface area contributed by atoms with Gasteiger partial charge in [0.15, 0.2) is 0 Å². The van der Waals surface area contributed by atoms with Gasteiger partial charge in [-0.05, 0) is 49.9 Å². The minimum atomic E-state index is 0.750. The number of aryl methyl sites for hydroxylation is 2. The third kappa shape index (κ3) is 17.7. The fourth-order valence-electron chi connectivity index (χ4n) is 3.95. The second-order valence-electron chi connectivity index (χ2n) is 8.82. The Labute approximate surface area is 184 Å². The number of unbranched alkanes of at least 4 members (excludes halogenated alkanes) is 15. The molecular weight excluding hydrogens is 350 g/mol. The normalized spacial score (nSPS) is 10.7. The molecule has 0 saturated carbocycles. The number of hydrogen-bond donors (Lipinski definition) is 1. The molecule has 1 rings (SSSR count). The Bertz CT molecular complexity index is 452. The fraction of sp³-hybridized carbons (Fsp3) is 0.786. The maximum absolute atomic E-state index is 4.85. The van der Waals surface area contributed by atoms with Crippen LogP contribution in [-0.2, 0) is 6.42 Å². The van der Waals surface area contributed by atoms with Gasteiger partial charge in [-0.15, -0.1) is 0 Å². The van der Waals surface area contributed by atoms with Crippen LogP contribution in [0.15, 0.2) is 18.2 Å². The predicted octanol–water partition coefficient (Wildman–Crippen LogP) is 9.07. The van der Waals surface area contributed by atoms with E-state index in [2.05, 4.69) is 39.0 Å². The van der Waals surface area contributed by atoms with E-state index in [-0.39, 0.29) is 0 Å². The molecule has 0 amide bonds. The summed E-state index contributed by atoms with van der Waals surface area (Å²) >= 11 is 0. The van der Waals surface area contributed by atoms with Crippen LogP contribution in [0.4, 0.5) is 0 Å². The van der Waals surface area contributed by atoms with E-state index in [4.69, 9.17) is 5.73 Å². The van der Waals surface area contributed by atoms with Crippen LogP contribution in [0.1, 0.15) is 133 Å². The lowest BCUT2D eigenvalue weighted by molar-refractivity contribution is 0.529. The molecule has 0 aliphatic carbocycles. The zero-order chi connectivity index (χ0) is 21.6. The third-order valence-corrected chi connectivity index (χ3v) is 6.02. The molecule has 2 N–H and O–H groups in total. The van der Waals surface area contributed by atoms with Gasteiger partial charge in [0.25, 0.3) is 0 Å². The first-order chi connectivity index (χ1) is 14.2. The second kappa shape index (κ2) is 21.9. The van der Waals surface area contributed by atoms with E-state index in [1.807, 2.05) is 6.92 Å². The average molecular weight is 404 g/mol. The van der Waals surface area contributed by atoms with Gasteiger partial charge in [-0.25, -0.2) is 0 Å². The molecule has 0 spiro atoms. The SMILES string of the molecule is CCCCCCCCCCCCCCCCCCc1cccc(C)c1C.CCN. The smallest absolute Gasteiger partial charge is 0.0106 e. The summed E-state index contributed by atoms with van der Waals surface area (Å²) in [5.74, 6) is 0. The zero-order valence-corrected chi connectivity index (χ0v) is 20.5. The van der Waals surface area contributed by atoms with E-state index in [9.17, 15) is 0 Å². The van der Waals surface area contributed by atoms with E-state index < -0.39 is 0 Å². The summed E-state index contributed by atoms with van der Waals surface area (Å²) in [5, 5.41) is 0. The first-order valence-electron chi connectivity index (χ1n) is 12.9. The maximum Gasteiger partial charge on any atom is -0.0106 e. The summed E-state index contributed by atoms with van der Waals surface area (Å²) in [4.78, 5) is 0. The van der Waals surface area contributed by atoms with Crippen molar-refractivity contribution in [2.75, 3.05) is 6.54 Å². The van der Waals surface area contributed by atoms with Crippen LogP contribution in [0.2, 0.25) is 0 Å². The molecule has 0 radical (unpaired) electrons. The largest absolute Gasteiger partial charge is 0.331 e. The van der Waals surface area contributed by atoms with Crippen molar-refractivity contribution >= 4 is 0 Å². The van der Waals surface area contributed by atoms with Crippen LogP contribution in [0, 0.1) is 13.8 Å². The number of nitrogens with two attached hydrogens (primary N) is 1. The molecule has 0 bridgehead atoms. The van der Waals surface area contributed by atoms with Gasteiger partial charge < -0.3 is 5.73 Å². The number of benzene rings is 1. The fourth-order valence-corrected chi connectivity index (χ4v) is 3.95. The van der Waals surface area contributed by atoms with E-state index in [0.717, 1.165) is 6.54 Å². The molecule has 0 unspecified atom stereocenters. The second-order valence-corrected chi connectivity index (χ2v) is 8.82. The molecule has 0 aliphatic heterocycles. The maximum atomic E-state index is 4.85. The Hall–Kier alpha value is -0.820. The van der Waals surface area contributed by atoms with Gasteiger partial charge in [0, 0.05) is 0 Å². The summed E-state index contributed by atoms with van der Waals surface area (Å²) in [6.07, 6.45) is 24.4. The highest BCUT2D eigenvalue weighted by molar-refractivity contribution is 5.33. The van der Waals surface area contributed by atoms with Crippen LogP contribution in [-0.4, -0.2) is 6.54 Å². The Morgan fingerprint density at radius 2 is 0.966 bits per heavy atom. The van der Waals surface area contributed by atoms with Gasteiger partial charge in [0.2, 0.25) is 0 Å². The van der Waals surface area contributed by atoms with Gasteiger partial charge in [0.05, 0.1) is 0 Å². The molecule has 1 aromatic rings. The Kier molecular flexibility index (Phi) is 21.3. The monoisotopic (exact) mass is 403 g/mol. The molecule has 0 fully saturated rings. The van der Waals surface area contributed by atoms with Gasteiger partial charge in [-0.2, -0.15) is 0 Å². The van der Waals surface area contributed by atoms with Gasteiger partial charge in [0.1, 0.15) is 0 Å². The summed E-state index contributed by atoms with van der Waals surface area (Å²) in [6, 6.07) is 6.75. The zero-order valence-electron chi connectivity index (χ0n) is 20.5. The van der Waals surface area contributed by atoms with Crippen molar-refractivity contribution in [1.29, 1.82) is 0 Å². The molecule has 29 heavy (non-hydrogen) atoms. The molecule has 0 atom stereocenters. The molecule has 0 aromatic heterocycles. The highest BCUT2D eigenvalue weighted by atomic mass is 14.5. The standard InChI is InChI=1S/C26H46.C2H7N/c1-4-5-6-7-8-9-10-11-12-13-14-15-16-17-18-19-22-26-23-20-21-24(2)25(26)3;1-2-3/h20-21,23H,4-19,22H2,1-3H3;2-3H2,1H3. The summed E-state index contributed by atoms with van der Waals surface area (Å²) in [7, 11) is 0. The van der Waals surface area contributed by atoms with Crippen LogP contribution >= 0.6 is 0 Å². The molecule has 0 saturated heterocycles. The predicted molar refractivity (Wildman–Crippen MR) is 134 cm³/mol. The highest BCUT2D eigenvalue weighted by Gasteiger charge is 2.00. The first kappa shape index (κ1) is 28.2. The Balaban J connectivity index is 0.00000245. The van der Waals surface area contributed by atoms with Crippen LogP contribution in [0.5, 0.6) is 0 Å². The average Bonchev–Trinajstić information content (AvgIpc) is 2.71. The van der Waals surface area contributed by atoms with Crippen molar-refractivity contribution in [3.8, 4) is 0 Å². The van der Waals surface area contributed by atoms with Gasteiger partial charge >= 0.3 is 0 Å². The quantitative estimate of drug-likeness (QED) is 0.258. The highest BCUT2D eigenvalue weighted by Crippen LogP contribution is 2.17. The minimum absolute atomic E-state index is 0.750. The number of hydrogen-bond acceptors (Lipinski definition) is 1. The van der Waals surface area contributed by atoms with Gasteiger partial charge in [-0.1, -0.05) is 128 Å². The van der Waals surface area contributed by atoms with Crippen molar-refractivity contribution in [1.82, 2.24) is 0 Å². The minimum Gasteiger partial charge on any atom is -0.331 e. The van der Waals surface area contributed by atoms with E-state index in [0.29, 0.717) is 0 Å². The summed E-state index contributed by atoms with van der Waals surface area (Å²) in [5.41, 5.74) is 9.36.